The zero-order chi connectivity index (χ0) is 12.3. The number of amides is 1. The topological polar surface area (TPSA) is 46.3 Å². The molecule has 3 nitrogen and oxygen atoms in total. The zero-order valence-corrected chi connectivity index (χ0v) is 11.4. The van der Waals surface area contributed by atoms with Gasteiger partial charge in [-0.25, -0.2) is 0 Å². The standard InChI is InChI=1S/C12H17BrN2O/c1-8(2)7-15(3)12(16)10-6-9(14)4-5-11(10)13/h4-6,8H,7,14H2,1-3H3. The van der Waals surface area contributed by atoms with Crippen molar-refractivity contribution in [2.75, 3.05) is 19.3 Å². The molecule has 1 amide bonds. The largest absolute Gasteiger partial charge is 0.399 e. The van der Waals surface area contributed by atoms with E-state index in [1.54, 1.807) is 30.1 Å². The summed E-state index contributed by atoms with van der Waals surface area (Å²) in [4.78, 5) is 13.8. The Hall–Kier alpha value is -1.03. The number of rotatable bonds is 3. The van der Waals surface area contributed by atoms with E-state index in [0.29, 0.717) is 17.2 Å². The van der Waals surface area contributed by atoms with Crippen molar-refractivity contribution in [3.05, 3.63) is 28.2 Å². The van der Waals surface area contributed by atoms with Crippen LogP contribution in [0.4, 0.5) is 5.69 Å². The lowest BCUT2D eigenvalue weighted by molar-refractivity contribution is 0.0778. The number of carbonyl (C=O) groups is 1. The summed E-state index contributed by atoms with van der Waals surface area (Å²) >= 11 is 3.36. The first-order chi connectivity index (χ1) is 7.41. The number of hydrogen-bond acceptors (Lipinski definition) is 2. The summed E-state index contributed by atoms with van der Waals surface area (Å²) in [7, 11) is 1.80. The average molecular weight is 285 g/mol. The van der Waals surface area contributed by atoms with Crippen molar-refractivity contribution >= 4 is 27.5 Å². The lowest BCUT2D eigenvalue weighted by Gasteiger charge is -2.20. The van der Waals surface area contributed by atoms with Gasteiger partial charge in [0.2, 0.25) is 0 Å². The molecule has 1 aromatic rings. The number of nitrogen functional groups attached to an aromatic ring is 1. The van der Waals surface area contributed by atoms with Gasteiger partial charge in [0, 0.05) is 23.8 Å². The lowest BCUT2D eigenvalue weighted by atomic mass is 10.1. The predicted molar refractivity (Wildman–Crippen MR) is 70.4 cm³/mol. The molecule has 0 heterocycles. The summed E-state index contributed by atoms with van der Waals surface area (Å²) < 4.78 is 0.780. The summed E-state index contributed by atoms with van der Waals surface area (Å²) in [5.41, 5.74) is 6.89. The van der Waals surface area contributed by atoms with Gasteiger partial charge in [0.1, 0.15) is 0 Å². The van der Waals surface area contributed by atoms with Gasteiger partial charge in [0.25, 0.3) is 5.91 Å². The Bertz CT molecular complexity index is 391. The summed E-state index contributed by atoms with van der Waals surface area (Å²) in [5.74, 6) is 0.446. The summed E-state index contributed by atoms with van der Waals surface area (Å²) in [6, 6.07) is 5.26. The number of halogens is 1. The number of carbonyl (C=O) groups excluding carboxylic acids is 1. The van der Waals surface area contributed by atoms with E-state index in [-0.39, 0.29) is 5.91 Å². The van der Waals surface area contributed by atoms with Crippen LogP contribution in [0.25, 0.3) is 0 Å². The molecule has 0 aromatic heterocycles. The summed E-state index contributed by atoms with van der Waals surface area (Å²) in [6.45, 7) is 4.90. The molecule has 1 aromatic carbocycles. The fourth-order valence-electron chi connectivity index (χ4n) is 1.54. The van der Waals surface area contributed by atoms with Crippen molar-refractivity contribution in [3.63, 3.8) is 0 Å². The van der Waals surface area contributed by atoms with E-state index in [0.717, 1.165) is 11.0 Å². The van der Waals surface area contributed by atoms with E-state index in [2.05, 4.69) is 29.8 Å². The predicted octanol–water partition coefficient (Wildman–Crippen LogP) is 2.76. The molecular weight excluding hydrogens is 268 g/mol. The van der Waals surface area contributed by atoms with E-state index in [1.807, 2.05) is 0 Å². The first-order valence-electron chi connectivity index (χ1n) is 5.22. The molecule has 0 bridgehead atoms. The maximum Gasteiger partial charge on any atom is 0.254 e. The van der Waals surface area contributed by atoms with E-state index in [9.17, 15) is 4.79 Å². The highest BCUT2D eigenvalue weighted by Crippen LogP contribution is 2.21. The first kappa shape index (κ1) is 13.0. The van der Waals surface area contributed by atoms with Gasteiger partial charge in [0.05, 0.1) is 5.56 Å². The molecule has 0 fully saturated rings. The maximum absolute atomic E-state index is 12.1. The zero-order valence-electron chi connectivity index (χ0n) is 9.83. The smallest absolute Gasteiger partial charge is 0.254 e. The van der Waals surface area contributed by atoms with Gasteiger partial charge in [-0.3, -0.25) is 4.79 Å². The van der Waals surface area contributed by atoms with Crippen LogP contribution < -0.4 is 5.73 Å². The molecule has 0 spiro atoms. The molecule has 0 aliphatic heterocycles. The molecule has 0 aliphatic carbocycles. The number of nitrogens with two attached hydrogens (primary N) is 1. The third-order valence-corrected chi connectivity index (χ3v) is 2.90. The van der Waals surface area contributed by atoms with E-state index in [4.69, 9.17) is 5.73 Å². The number of nitrogens with zero attached hydrogens (tertiary/aromatic N) is 1. The lowest BCUT2D eigenvalue weighted by Crippen LogP contribution is -2.30. The van der Waals surface area contributed by atoms with Crippen LogP contribution in [0.2, 0.25) is 0 Å². The van der Waals surface area contributed by atoms with Crippen molar-refractivity contribution in [1.82, 2.24) is 4.90 Å². The average Bonchev–Trinajstić information content (AvgIpc) is 2.19. The van der Waals surface area contributed by atoms with E-state index >= 15 is 0 Å². The van der Waals surface area contributed by atoms with Crippen molar-refractivity contribution < 1.29 is 4.79 Å². The Labute approximate surface area is 105 Å². The summed E-state index contributed by atoms with van der Waals surface area (Å²) in [6.07, 6.45) is 0. The van der Waals surface area contributed by atoms with Gasteiger partial charge in [-0.1, -0.05) is 13.8 Å². The monoisotopic (exact) mass is 284 g/mol. The minimum Gasteiger partial charge on any atom is -0.399 e. The number of benzene rings is 1. The second-order valence-electron chi connectivity index (χ2n) is 4.32. The highest BCUT2D eigenvalue weighted by molar-refractivity contribution is 9.10. The SMILES string of the molecule is CC(C)CN(C)C(=O)c1cc(N)ccc1Br. The quantitative estimate of drug-likeness (QED) is 0.868. The number of anilines is 1. The van der Waals surface area contributed by atoms with Crippen LogP contribution in [-0.4, -0.2) is 24.4 Å². The van der Waals surface area contributed by atoms with Gasteiger partial charge in [-0.2, -0.15) is 0 Å². The Morgan fingerprint density at radius 1 is 1.50 bits per heavy atom. The van der Waals surface area contributed by atoms with Crippen LogP contribution in [0.1, 0.15) is 24.2 Å². The molecule has 0 unspecified atom stereocenters. The summed E-state index contributed by atoms with van der Waals surface area (Å²) in [5, 5.41) is 0. The van der Waals surface area contributed by atoms with Crippen LogP contribution in [0.15, 0.2) is 22.7 Å². The minimum atomic E-state index is -0.00660. The molecular formula is C12H17BrN2O. The molecule has 4 heteroatoms. The highest BCUT2D eigenvalue weighted by Gasteiger charge is 2.15. The third kappa shape index (κ3) is 3.23. The molecule has 2 N–H and O–H groups in total. The fraction of sp³-hybridized carbons (Fsp3) is 0.417. The second-order valence-corrected chi connectivity index (χ2v) is 5.17. The first-order valence-corrected chi connectivity index (χ1v) is 6.01. The third-order valence-electron chi connectivity index (χ3n) is 2.21. The van der Waals surface area contributed by atoms with Gasteiger partial charge in [-0.05, 0) is 40.0 Å². The van der Waals surface area contributed by atoms with Gasteiger partial charge < -0.3 is 10.6 Å². The van der Waals surface area contributed by atoms with Crippen molar-refractivity contribution in [3.8, 4) is 0 Å². The van der Waals surface area contributed by atoms with Crippen LogP contribution >= 0.6 is 15.9 Å². The normalized spacial score (nSPS) is 10.6. The molecule has 16 heavy (non-hydrogen) atoms. The van der Waals surface area contributed by atoms with E-state index < -0.39 is 0 Å². The Balaban J connectivity index is 2.91. The van der Waals surface area contributed by atoms with Crippen molar-refractivity contribution in [1.29, 1.82) is 0 Å². The highest BCUT2D eigenvalue weighted by atomic mass is 79.9. The molecule has 88 valence electrons. The maximum atomic E-state index is 12.1. The van der Waals surface area contributed by atoms with Crippen LogP contribution in [0.3, 0.4) is 0 Å². The van der Waals surface area contributed by atoms with Crippen molar-refractivity contribution in [2.45, 2.75) is 13.8 Å². The molecule has 0 radical (unpaired) electrons. The number of hydrogen-bond donors (Lipinski definition) is 1. The fourth-order valence-corrected chi connectivity index (χ4v) is 1.96. The van der Waals surface area contributed by atoms with E-state index in [1.165, 1.54) is 0 Å². The van der Waals surface area contributed by atoms with Crippen LogP contribution in [0.5, 0.6) is 0 Å². The molecule has 0 saturated heterocycles. The van der Waals surface area contributed by atoms with Gasteiger partial charge in [0.15, 0.2) is 0 Å². The molecule has 0 saturated carbocycles. The molecule has 0 atom stereocenters. The molecule has 1 rings (SSSR count). The Morgan fingerprint density at radius 2 is 2.12 bits per heavy atom. The van der Waals surface area contributed by atoms with Crippen molar-refractivity contribution in [2.24, 2.45) is 5.92 Å². The van der Waals surface area contributed by atoms with Crippen LogP contribution in [0, 0.1) is 5.92 Å². The van der Waals surface area contributed by atoms with Gasteiger partial charge in [-0.15, -0.1) is 0 Å². The molecule has 0 aliphatic rings. The Morgan fingerprint density at radius 3 is 2.69 bits per heavy atom. The van der Waals surface area contributed by atoms with Crippen LogP contribution in [-0.2, 0) is 0 Å². The Kier molecular flexibility index (Phi) is 4.35. The minimum absolute atomic E-state index is 0.00660. The second kappa shape index (κ2) is 5.34. The van der Waals surface area contributed by atoms with Gasteiger partial charge >= 0.3 is 0 Å².